The summed E-state index contributed by atoms with van der Waals surface area (Å²) in [5.74, 6) is -0.547. The van der Waals surface area contributed by atoms with Crippen LogP contribution >= 0.6 is 22.6 Å². The van der Waals surface area contributed by atoms with Gasteiger partial charge in [0.05, 0.1) is 0 Å². The molecule has 6 heteroatoms. The number of carbonyl (C=O) groups excluding carboxylic acids is 2. The van der Waals surface area contributed by atoms with Crippen LogP contribution in [0.5, 0.6) is 0 Å². The van der Waals surface area contributed by atoms with Crippen LogP contribution in [0.3, 0.4) is 0 Å². The summed E-state index contributed by atoms with van der Waals surface area (Å²) in [6, 6.07) is 8.67. The molecule has 1 atom stereocenters. The summed E-state index contributed by atoms with van der Waals surface area (Å²) < 4.78 is 10.2. The van der Waals surface area contributed by atoms with Crippen LogP contribution < -0.4 is 5.32 Å². The topological polar surface area (TPSA) is 64.6 Å². The highest BCUT2D eigenvalue weighted by Gasteiger charge is 2.26. The molecule has 0 aliphatic rings. The predicted molar refractivity (Wildman–Crippen MR) is 83.4 cm³/mol. The van der Waals surface area contributed by atoms with Gasteiger partial charge in [0.2, 0.25) is 0 Å². The second kappa shape index (κ2) is 8.78. The van der Waals surface area contributed by atoms with Gasteiger partial charge in [-0.1, -0.05) is 44.2 Å². The predicted octanol–water partition coefficient (Wildman–Crippen LogP) is 2.87. The summed E-state index contributed by atoms with van der Waals surface area (Å²) in [6.45, 7) is 3.85. The van der Waals surface area contributed by atoms with Gasteiger partial charge in [0, 0.05) is 0 Å². The van der Waals surface area contributed by atoms with Gasteiger partial charge in [0.1, 0.15) is 17.3 Å². The number of alkyl carbamates (subject to hydrolysis) is 1. The fourth-order valence-corrected chi connectivity index (χ4v) is 1.82. The number of nitrogens with one attached hydrogen (secondary N) is 1. The second-order valence-electron chi connectivity index (χ2n) is 4.50. The Labute approximate surface area is 132 Å². The van der Waals surface area contributed by atoms with E-state index in [9.17, 15) is 9.59 Å². The van der Waals surface area contributed by atoms with E-state index in [0.29, 0.717) is 0 Å². The maximum absolute atomic E-state index is 12.0. The molecular weight excluding hydrogens is 373 g/mol. The minimum absolute atomic E-state index is 0.0833. The quantitative estimate of drug-likeness (QED) is 0.460. The maximum Gasteiger partial charge on any atom is 0.408 e. The first-order valence-corrected chi connectivity index (χ1v) is 7.77. The van der Waals surface area contributed by atoms with Gasteiger partial charge in [0.25, 0.3) is 0 Å². The Kier molecular flexibility index (Phi) is 7.35. The number of benzene rings is 1. The van der Waals surface area contributed by atoms with Gasteiger partial charge in [-0.3, -0.25) is 0 Å². The van der Waals surface area contributed by atoms with Crippen LogP contribution in [-0.4, -0.2) is 22.7 Å². The molecule has 0 radical (unpaired) electrons. The van der Waals surface area contributed by atoms with Gasteiger partial charge in [-0.05, 0) is 34.1 Å². The van der Waals surface area contributed by atoms with Crippen molar-refractivity contribution in [3.63, 3.8) is 0 Å². The number of ether oxygens (including phenoxy) is 2. The van der Waals surface area contributed by atoms with Crippen LogP contribution in [0, 0.1) is 5.92 Å². The molecular formula is C14H18INO4. The lowest BCUT2D eigenvalue weighted by atomic mass is 10.1. The SMILES string of the molecule is CC(C)[C@H](NC(=O)OCI)C(=O)OCc1ccccc1. The number of esters is 1. The van der Waals surface area contributed by atoms with Gasteiger partial charge in [-0.15, -0.1) is 0 Å². The Balaban J connectivity index is 2.54. The highest BCUT2D eigenvalue weighted by atomic mass is 127. The molecule has 1 aromatic rings. The summed E-state index contributed by atoms with van der Waals surface area (Å²) in [5.41, 5.74) is 0.901. The molecule has 0 bridgehead atoms. The van der Waals surface area contributed by atoms with Gasteiger partial charge >= 0.3 is 12.1 Å². The largest absolute Gasteiger partial charge is 0.459 e. The lowest BCUT2D eigenvalue weighted by Gasteiger charge is -2.20. The van der Waals surface area contributed by atoms with E-state index in [1.807, 2.05) is 66.8 Å². The van der Waals surface area contributed by atoms with Crippen LogP contribution in [0.4, 0.5) is 4.79 Å². The second-order valence-corrected chi connectivity index (χ2v) is 5.12. The lowest BCUT2D eigenvalue weighted by Crippen LogP contribution is -2.45. The summed E-state index contributed by atoms with van der Waals surface area (Å²) in [5, 5.41) is 2.51. The molecule has 0 saturated carbocycles. The van der Waals surface area contributed by atoms with Crippen molar-refractivity contribution >= 4 is 34.7 Å². The third-order valence-corrected chi connectivity index (χ3v) is 2.91. The van der Waals surface area contributed by atoms with Gasteiger partial charge in [-0.25, -0.2) is 9.59 Å². The summed E-state index contributed by atoms with van der Waals surface area (Å²) in [4.78, 5) is 23.4. The summed E-state index contributed by atoms with van der Waals surface area (Å²) in [6.07, 6.45) is -0.616. The molecule has 1 amide bonds. The van der Waals surface area contributed by atoms with Crippen LogP contribution in [0.2, 0.25) is 0 Å². The molecule has 1 rings (SSSR count). The van der Waals surface area contributed by atoms with E-state index in [1.54, 1.807) is 0 Å². The van der Waals surface area contributed by atoms with Crippen molar-refractivity contribution < 1.29 is 19.1 Å². The zero-order valence-corrected chi connectivity index (χ0v) is 13.6. The standard InChI is InChI=1S/C14H18INO4/c1-10(2)12(16-14(18)20-9-15)13(17)19-8-11-6-4-3-5-7-11/h3-7,10,12H,8-9H2,1-2H3,(H,16,18)/t12-/m0/s1. The number of rotatable bonds is 6. The van der Waals surface area contributed by atoms with Crippen molar-refractivity contribution in [2.75, 3.05) is 4.61 Å². The number of hydrogen-bond acceptors (Lipinski definition) is 4. The molecule has 0 spiro atoms. The zero-order valence-electron chi connectivity index (χ0n) is 11.5. The monoisotopic (exact) mass is 391 g/mol. The van der Waals surface area contributed by atoms with Crippen molar-refractivity contribution in [3.05, 3.63) is 35.9 Å². The van der Waals surface area contributed by atoms with Gasteiger partial charge in [-0.2, -0.15) is 0 Å². The fourth-order valence-electron chi connectivity index (χ4n) is 1.53. The number of hydrogen-bond donors (Lipinski definition) is 1. The minimum Gasteiger partial charge on any atom is -0.459 e. The van der Waals surface area contributed by atoms with Crippen LogP contribution in [0.25, 0.3) is 0 Å². The molecule has 110 valence electrons. The van der Waals surface area contributed by atoms with Crippen LogP contribution in [0.1, 0.15) is 19.4 Å². The van der Waals surface area contributed by atoms with Crippen molar-refractivity contribution in [3.8, 4) is 0 Å². The molecule has 0 aliphatic carbocycles. The molecule has 1 aromatic carbocycles. The van der Waals surface area contributed by atoms with Gasteiger partial charge in [0.15, 0.2) is 0 Å². The minimum atomic E-state index is -0.714. The molecule has 0 heterocycles. The number of amides is 1. The highest BCUT2D eigenvalue weighted by molar-refractivity contribution is 14.1. The van der Waals surface area contributed by atoms with E-state index >= 15 is 0 Å². The lowest BCUT2D eigenvalue weighted by molar-refractivity contribution is -0.148. The Hall–Kier alpha value is -1.31. The van der Waals surface area contributed by atoms with Crippen LogP contribution in [0.15, 0.2) is 30.3 Å². The normalized spacial score (nSPS) is 11.8. The van der Waals surface area contributed by atoms with E-state index in [1.165, 1.54) is 0 Å². The maximum atomic E-state index is 12.0. The van der Waals surface area contributed by atoms with Crippen molar-refractivity contribution in [1.82, 2.24) is 5.32 Å². The molecule has 20 heavy (non-hydrogen) atoms. The zero-order chi connectivity index (χ0) is 15.0. The highest BCUT2D eigenvalue weighted by Crippen LogP contribution is 2.07. The fraction of sp³-hybridized carbons (Fsp3) is 0.429. The van der Waals surface area contributed by atoms with Gasteiger partial charge < -0.3 is 14.8 Å². The summed E-state index contributed by atoms with van der Waals surface area (Å²) >= 11 is 1.91. The first-order chi connectivity index (χ1) is 9.54. The third-order valence-electron chi connectivity index (χ3n) is 2.60. The van der Waals surface area contributed by atoms with Crippen LogP contribution in [-0.2, 0) is 20.9 Å². The first-order valence-electron chi connectivity index (χ1n) is 6.24. The summed E-state index contributed by atoms with van der Waals surface area (Å²) in [7, 11) is 0. The Morgan fingerprint density at radius 2 is 1.85 bits per heavy atom. The van der Waals surface area contributed by atoms with E-state index in [0.717, 1.165) is 5.56 Å². The number of halogens is 1. The van der Waals surface area contributed by atoms with E-state index in [4.69, 9.17) is 9.47 Å². The van der Waals surface area contributed by atoms with E-state index < -0.39 is 18.1 Å². The van der Waals surface area contributed by atoms with Crippen molar-refractivity contribution in [1.29, 1.82) is 0 Å². The molecule has 5 nitrogen and oxygen atoms in total. The average molecular weight is 391 g/mol. The smallest absolute Gasteiger partial charge is 0.408 e. The molecule has 0 aliphatic heterocycles. The van der Waals surface area contributed by atoms with E-state index in [-0.39, 0.29) is 17.1 Å². The Morgan fingerprint density at radius 1 is 1.20 bits per heavy atom. The first kappa shape index (κ1) is 16.7. The third kappa shape index (κ3) is 5.77. The average Bonchev–Trinajstić information content (AvgIpc) is 2.43. The number of carbonyl (C=O) groups is 2. The molecule has 0 fully saturated rings. The Morgan fingerprint density at radius 3 is 2.40 bits per heavy atom. The van der Waals surface area contributed by atoms with Crippen molar-refractivity contribution in [2.45, 2.75) is 26.5 Å². The number of alkyl halides is 1. The molecule has 0 aromatic heterocycles. The van der Waals surface area contributed by atoms with E-state index in [2.05, 4.69) is 5.32 Å². The molecule has 0 saturated heterocycles. The Bertz CT molecular complexity index is 436. The molecule has 0 unspecified atom stereocenters. The van der Waals surface area contributed by atoms with Crippen molar-refractivity contribution in [2.24, 2.45) is 5.92 Å². The molecule has 1 N–H and O–H groups in total.